The predicted molar refractivity (Wildman–Crippen MR) is 102 cm³/mol. The van der Waals surface area contributed by atoms with Crippen molar-refractivity contribution in [3.8, 4) is 0 Å². The van der Waals surface area contributed by atoms with Gasteiger partial charge in [-0.05, 0) is 66.0 Å². The van der Waals surface area contributed by atoms with E-state index in [0.717, 1.165) is 31.4 Å². The van der Waals surface area contributed by atoms with Crippen molar-refractivity contribution in [2.24, 2.45) is 5.92 Å². The van der Waals surface area contributed by atoms with Gasteiger partial charge >= 0.3 is 6.18 Å². The lowest BCUT2D eigenvalue weighted by molar-refractivity contribution is -0.152. The molecule has 0 radical (unpaired) electrons. The number of aromatic nitrogens is 1. The fraction of sp³-hybridized carbons (Fsp3) is 0.435. The molecule has 1 atom stereocenters. The van der Waals surface area contributed by atoms with Gasteiger partial charge in [0, 0.05) is 37.2 Å². The number of halogens is 3. The van der Waals surface area contributed by atoms with E-state index in [1.54, 1.807) is 12.4 Å². The molecule has 30 heavy (non-hydrogen) atoms. The zero-order valence-corrected chi connectivity index (χ0v) is 16.2. The van der Waals surface area contributed by atoms with E-state index in [9.17, 15) is 22.8 Å². The number of amides is 2. The standard InChI is InChI=1S/C23H21F3N2O2/c24-23(25,26)18-3-1-14(2-4-18)15-9-20(29)28(21(30)10-15)19-13-22(11-16(19)12-22)17-5-7-27-8-6-17/h1-8,15-16,19H,9-13H2/t16?,19-,22?/m0/s1. The van der Waals surface area contributed by atoms with Gasteiger partial charge in [-0.2, -0.15) is 13.2 Å². The fourth-order valence-electron chi connectivity index (χ4n) is 5.69. The Kier molecular flexibility index (Phi) is 4.27. The first-order chi connectivity index (χ1) is 14.3. The van der Waals surface area contributed by atoms with Gasteiger partial charge < -0.3 is 0 Å². The second kappa shape index (κ2) is 6.65. The summed E-state index contributed by atoms with van der Waals surface area (Å²) in [6.45, 7) is 0. The van der Waals surface area contributed by atoms with Crippen LogP contribution < -0.4 is 0 Å². The van der Waals surface area contributed by atoms with Crippen molar-refractivity contribution in [1.29, 1.82) is 0 Å². The van der Waals surface area contributed by atoms with Crippen LogP contribution in [-0.2, 0) is 21.2 Å². The van der Waals surface area contributed by atoms with Crippen molar-refractivity contribution in [3.05, 3.63) is 65.5 Å². The van der Waals surface area contributed by atoms with Crippen molar-refractivity contribution in [2.75, 3.05) is 0 Å². The minimum Gasteiger partial charge on any atom is -0.279 e. The number of nitrogens with zero attached hydrogens (tertiary/aromatic N) is 2. The largest absolute Gasteiger partial charge is 0.416 e. The van der Waals surface area contributed by atoms with Crippen molar-refractivity contribution < 1.29 is 22.8 Å². The number of fused-ring (bicyclic) bond motifs is 1. The number of piperidine rings is 1. The zero-order chi connectivity index (χ0) is 21.1. The van der Waals surface area contributed by atoms with Gasteiger partial charge in [0.15, 0.2) is 0 Å². The van der Waals surface area contributed by atoms with Gasteiger partial charge in [0.25, 0.3) is 0 Å². The lowest BCUT2D eigenvalue weighted by Gasteiger charge is -2.40. The Morgan fingerprint density at radius 1 is 0.900 bits per heavy atom. The molecule has 4 fully saturated rings. The Labute approximate surface area is 172 Å². The maximum atomic E-state index is 12.9. The highest BCUT2D eigenvalue weighted by atomic mass is 19.4. The number of carbonyl (C=O) groups is 2. The van der Waals surface area contributed by atoms with Gasteiger partial charge in [-0.1, -0.05) is 12.1 Å². The SMILES string of the molecule is O=C1CC(c2ccc(C(F)(F)F)cc2)CC(=O)N1[C@H]1CC2(c3ccncc3)CC1C2. The van der Waals surface area contributed by atoms with Gasteiger partial charge in [-0.25, -0.2) is 0 Å². The monoisotopic (exact) mass is 414 g/mol. The number of hydrogen-bond donors (Lipinski definition) is 0. The summed E-state index contributed by atoms with van der Waals surface area (Å²) in [4.78, 5) is 31.4. The Morgan fingerprint density at radius 2 is 1.50 bits per heavy atom. The quantitative estimate of drug-likeness (QED) is 0.697. The van der Waals surface area contributed by atoms with Crippen LogP contribution in [0.5, 0.6) is 0 Å². The molecule has 1 aliphatic heterocycles. The highest BCUT2D eigenvalue weighted by molar-refractivity contribution is 5.99. The van der Waals surface area contributed by atoms with Crippen LogP contribution in [0.3, 0.4) is 0 Å². The van der Waals surface area contributed by atoms with Gasteiger partial charge in [0.1, 0.15) is 0 Å². The predicted octanol–water partition coefficient (Wildman–Crippen LogP) is 4.45. The normalized spacial score (nSPS) is 29.2. The van der Waals surface area contributed by atoms with Crippen LogP contribution in [0.15, 0.2) is 48.8 Å². The summed E-state index contributed by atoms with van der Waals surface area (Å²) >= 11 is 0. The third-order valence-corrected chi connectivity index (χ3v) is 7.16. The molecule has 0 unspecified atom stereocenters. The van der Waals surface area contributed by atoms with E-state index in [0.29, 0.717) is 11.5 Å². The highest BCUT2D eigenvalue weighted by Gasteiger charge is 2.60. The third-order valence-electron chi connectivity index (χ3n) is 7.16. The fourth-order valence-corrected chi connectivity index (χ4v) is 5.69. The van der Waals surface area contributed by atoms with E-state index < -0.39 is 11.7 Å². The molecule has 4 nitrogen and oxygen atoms in total. The lowest BCUT2D eigenvalue weighted by Crippen LogP contribution is -2.49. The second-order valence-corrected chi connectivity index (χ2v) is 8.84. The molecule has 2 bridgehead atoms. The topological polar surface area (TPSA) is 50.3 Å². The molecule has 156 valence electrons. The van der Waals surface area contributed by atoms with Crippen molar-refractivity contribution in [1.82, 2.24) is 9.88 Å². The van der Waals surface area contributed by atoms with Gasteiger partial charge in [-0.15, -0.1) is 0 Å². The smallest absolute Gasteiger partial charge is 0.279 e. The third kappa shape index (κ3) is 3.02. The van der Waals surface area contributed by atoms with Gasteiger partial charge in [0.05, 0.1) is 5.56 Å². The van der Waals surface area contributed by atoms with Crippen LogP contribution in [0, 0.1) is 5.92 Å². The van der Waals surface area contributed by atoms with E-state index in [1.165, 1.54) is 22.6 Å². The molecule has 0 N–H and O–H groups in total. The molecular weight excluding hydrogens is 393 g/mol. The minimum atomic E-state index is -4.40. The minimum absolute atomic E-state index is 0.0309. The van der Waals surface area contributed by atoms with Crippen LogP contribution >= 0.6 is 0 Å². The maximum absolute atomic E-state index is 12.9. The summed E-state index contributed by atoms with van der Waals surface area (Å²) in [5, 5.41) is 0. The Balaban J connectivity index is 1.30. The number of pyridine rings is 1. The number of likely N-dealkylation sites (tertiary alicyclic amines) is 1. The number of hydrogen-bond acceptors (Lipinski definition) is 3. The number of alkyl halides is 3. The van der Waals surface area contributed by atoms with Gasteiger partial charge in [-0.3, -0.25) is 19.5 Å². The van der Waals surface area contributed by atoms with Crippen LogP contribution in [-0.4, -0.2) is 27.7 Å². The van der Waals surface area contributed by atoms with Crippen LogP contribution in [0.25, 0.3) is 0 Å². The first-order valence-corrected chi connectivity index (χ1v) is 10.2. The number of imide groups is 1. The molecule has 2 aromatic rings. The van der Waals surface area contributed by atoms with Crippen LogP contribution in [0.4, 0.5) is 13.2 Å². The molecule has 6 rings (SSSR count). The summed E-state index contributed by atoms with van der Waals surface area (Å²) in [7, 11) is 0. The summed E-state index contributed by atoms with van der Waals surface area (Å²) in [5.41, 5.74) is 1.13. The number of benzene rings is 1. The van der Waals surface area contributed by atoms with Crippen LogP contribution in [0.2, 0.25) is 0 Å². The Hall–Kier alpha value is -2.70. The molecule has 4 aliphatic rings. The lowest BCUT2D eigenvalue weighted by atomic mass is 9.65. The first kappa shape index (κ1) is 19.3. The van der Waals surface area contributed by atoms with Crippen molar-refractivity contribution >= 4 is 11.8 Å². The van der Waals surface area contributed by atoms with E-state index in [4.69, 9.17) is 0 Å². The summed E-state index contributed by atoms with van der Waals surface area (Å²) < 4.78 is 38.4. The molecule has 2 amide bonds. The molecular formula is C23H21F3N2O2. The van der Waals surface area contributed by atoms with E-state index in [-0.39, 0.29) is 42.0 Å². The molecule has 1 aromatic carbocycles. The molecule has 7 heteroatoms. The van der Waals surface area contributed by atoms with Crippen molar-refractivity contribution in [3.63, 3.8) is 0 Å². The summed E-state index contributed by atoms with van der Waals surface area (Å²) in [5.74, 6) is -0.458. The van der Waals surface area contributed by atoms with Crippen molar-refractivity contribution in [2.45, 2.75) is 55.7 Å². The summed E-state index contributed by atoms with van der Waals surface area (Å²) in [6.07, 6.45) is 2.19. The molecule has 3 aliphatic carbocycles. The number of carbonyl (C=O) groups excluding carboxylic acids is 2. The van der Waals surface area contributed by atoms with E-state index >= 15 is 0 Å². The molecule has 0 spiro atoms. The Morgan fingerprint density at radius 3 is 2.07 bits per heavy atom. The van der Waals surface area contributed by atoms with E-state index in [2.05, 4.69) is 4.98 Å². The molecule has 1 aromatic heterocycles. The zero-order valence-electron chi connectivity index (χ0n) is 16.2. The molecule has 3 saturated carbocycles. The molecule has 2 heterocycles. The summed E-state index contributed by atoms with van der Waals surface area (Å²) in [6, 6.07) is 8.75. The number of rotatable bonds is 3. The molecule has 1 saturated heterocycles. The highest BCUT2D eigenvalue weighted by Crippen LogP contribution is 2.61. The second-order valence-electron chi connectivity index (χ2n) is 8.84. The van der Waals surface area contributed by atoms with E-state index in [1.807, 2.05) is 12.1 Å². The Bertz CT molecular complexity index is 964. The van der Waals surface area contributed by atoms with Crippen LogP contribution in [0.1, 0.15) is 54.7 Å². The average molecular weight is 414 g/mol. The maximum Gasteiger partial charge on any atom is 0.416 e. The van der Waals surface area contributed by atoms with Gasteiger partial charge in [0.2, 0.25) is 11.8 Å². The average Bonchev–Trinajstić information content (AvgIpc) is 3.24. The first-order valence-electron chi connectivity index (χ1n) is 10.2.